The summed E-state index contributed by atoms with van der Waals surface area (Å²) in [5, 5.41) is 0. The van der Waals surface area contributed by atoms with Crippen LogP contribution >= 0.6 is 0 Å². The van der Waals surface area contributed by atoms with Gasteiger partial charge in [-0.2, -0.15) is 0 Å². The van der Waals surface area contributed by atoms with E-state index < -0.39 is 0 Å². The van der Waals surface area contributed by atoms with Crippen molar-refractivity contribution in [1.29, 1.82) is 0 Å². The SMILES string of the molecule is CCC=CCC=CCC=CCC=CCC=CC/C=C\CCC=O. The van der Waals surface area contributed by atoms with Gasteiger partial charge in [-0.05, 0) is 44.9 Å². The number of carbonyl (C=O) groups is 1. The number of carbonyl (C=O) groups excluding carboxylic acids is 1. The normalized spacial score (nSPS) is 13.1. The van der Waals surface area contributed by atoms with Gasteiger partial charge in [-0.1, -0.05) is 79.8 Å². The third-order valence-corrected chi connectivity index (χ3v) is 3.05. The van der Waals surface area contributed by atoms with Crippen LogP contribution in [0.15, 0.2) is 72.9 Å². The zero-order valence-electron chi connectivity index (χ0n) is 14.6. The van der Waals surface area contributed by atoms with Crippen molar-refractivity contribution in [2.24, 2.45) is 0 Å². The van der Waals surface area contributed by atoms with Crippen molar-refractivity contribution in [3.05, 3.63) is 72.9 Å². The molecule has 0 aromatic carbocycles. The van der Waals surface area contributed by atoms with E-state index in [1.807, 2.05) is 0 Å². The molecule has 0 aliphatic carbocycles. The first-order valence-corrected chi connectivity index (χ1v) is 8.75. The maximum absolute atomic E-state index is 10.1. The van der Waals surface area contributed by atoms with Gasteiger partial charge in [-0.15, -0.1) is 0 Å². The third-order valence-electron chi connectivity index (χ3n) is 3.05. The predicted molar refractivity (Wildman–Crippen MR) is 104 cm³/mol. The Labute approximate surface area is 142 Å². The molecule has 0 saturated carbocycles. The van der Waals surface area contributed by atoms with Crippen LogP contribution < -0.4 is 0 Å². The number of allylic oxidation sites excluding steroid dienone is 12. The molecule has 0 saturated heterocycles. The van der Waals surface area contributed by atoms with Crippen LogP contribution in [0.1, 0.15) is 58.3 Å². The van der Waals surface area contributed by atoms with Gasteiger partial charge in [0.15, 0.2) is 0 Å². The quantitative estimate of drug-likeness (QED) is 0.199. The summed E-state index contributed by atoms with van der Waals surface area (Å²) in [6.07, 6.45) is 34.7. The Kier molecular flexibility index (Phi) is 18.5. The Morgan fingerprint density at radius 2 is 0.826 bits per heavy atom. The van der Waals surface area contributed by atoms with Gasteiger partial charge < -0.3 is 4.79 Å². The monoisotopic (exact) mass is 312 g/mol. The smallest absolute Gasteiger partial charge is 0.120 e. The highest BCUT2D eigenvalue weighted by Crippen LogP contribution is 1.97. The van der Waals surface area contributed by atoms with Crippen molar-refractivity contribution >= 4 is 6.29 Å². The van der Waals surface area contributed by atoms with Gasteiger partial charge in [0, 0.05) is 6.42 Å². The van der Waals surface area contributed by atoms with E-state index in [2.05, 4.69) is 79.8 Å². The van der Waals surface area contributed by atoms with Crippen LogP contribution in [0.2, 0.25) is 0 Å². The van der Waals surface area contributed by atoms with E-state index in [1.165, 1.54) is 0 Å². The minimum Gasteiger partial charge on any atom is -0.303 e. The molecule has 0 heterocycles. The lowest BCUT2D eigenvalue weighted by molar-refractivity contribution is -0.107. The van der Waals surface area contributed by atoms with Crippen LogP contribution in [-0.4, -0.2) is 6.29 Å². The molecule has 0 aliphatic rings. The minimum absolute atomic E-state index is 0.627. The van der Waals surface area contributed by atoms with Crippen molar-refractivity contribution in [2.45, 2.75) is 58.3 Å². The fourth-order valence-electron chi connectivity index (χ4n) is 1.80. The Morgan fingerprint density at radius 1 is 0.478 bits per heavy atom. The van der Waals surface area contributed by atoms with E-state index in [0.717, 1.165) is 51.2 Å². The highest BCUT2D eigenvalue weighted by Gasteiger charge is 1.77. The third kappa shape index (κ3) is 20.1. The number of hydrogen-bond donors (Lipinski definition) is 0. The summed E-state index contributed by atoms with van der Waals surface area (Å²) in [6, 6.07) is 0. The summed E-state index contributed by atoms with van der Waals surface area (Å²) in [5.41, 5.74) is 0. The molecule has 0 fully saturated rings. The van der Waals surface area contributed by atoms with Gasteiger partial charge in [0.05, 0.1) is 0 Å². The van der Waals surface area contributed by atoms with Crippen molar-refractivity contribution in [3.63, 3.8) is 0 Å². The molecule has 0 aliphatic heterocycles. The highest BCUT2D eigenvalue weighted by molar-refractivity contribution is 5.49. The second-order valence-corrected chi connectivity index (χ2v) is 5.16. The van der Waals surface area contributed by atoms with Crippen molar-refractivity contribution < 1.29 is 4.79 Å². The molecular weight excluding hydrogens is 280 g/mol. The second kappa shape index (κ2) is 20.1. The van der Waals surface area contributed by atoms with Crippen molar-refractivity contribution in [1.82, 2.24) is 0 Å². The van der Waals surface area contributed by atoms with Crippen molar-refractivity contribution in [2.75, 3.05) is 0 Å². The van der Waals surface area contributed by atoms with E-state index in [-0.39, 0.29) is 0 Å². The van der Waals surface area contributed by atoms with Gasteiger partial charge in [0.25, 0.3) is 0 Å². The summed E-state index contributed by atoms with van der Waals surface area (Å²) < 4.78 is 0. The standard InChI is InChI=1S/C22H32O/c1-2-3-4-5-6-7-8-9-10-11-12-13-14-15-16-17-18-19-20-21-22-23/h3-4,6-7,9-10,12-13,15-16,18-19,22H,2,5,8,11,14,17,20-21H2,1H3/b4-3?,7-6?,10-9?,13-12?,16-15?,19-18-. The maximum atomic E-state index is 10.1. The van der Waals surface area contributed by atoms with Gasteiger partial charge in [0.1, 0.15) is 6.29 Å². The molecule has 126 valence electrons. The summed E-state index contributed by atoms with van der Waals surface area (Å²) in [5.74, 6) is 0. The molecule has 0 N–H and O–H groups in total. The number of hydrogen-bond acceptors (Lipinski definition) is 1. The molecule has 23 heavy (non-hydrogen) atoms. The lowest BCUT2D eigenvalue weighted by Crippen LogP contribution is -1.70. The molecule has 0 bridgehead atoms. The van der Waals surface area contributed by atoms with Crippen LogP contribution in [0.5, 0.6) is 0 Å². The average Bonchev–Trinajstić information content (AvgIpc) is 2.57. The molecule has 1 heteroatoms. The first kappa shape index (κ1) is 21.1. The van der Waals surface area contributed by atoms with Crippen molar-refractivity contribution in [3.8, 4) is 0 Å². The van der Waals surface area contributed by atoms with Crippen LogP contribution in [0.25, 0.3) is 0 Å². The molecule has 0 spiro atoms. The Morgan fingerprint density at radius 3 is 1.17 bits per heavy atom. The van der Waals surface area contributed by atoms with E-state index in [0.29, 0.717) is 6.42 Å². The van der Waals surface area contributed by atoms with Gasteiger partial charge in [-0.25, -0.2) is 0 Å². The summed E-state index contributed by atoms with van der Waals surface area (Å²) in [7, 11) is 0. The first-order valence-electron chi connectivity index (χ1n) is 8.75. The minimum atomic E-state index is 0.627. The zero-order chi connectivity index (χ0) is 16.8. The lowest BCUT2D eigenvalue weighted by atomic mass is 10.2. The van der Waals surface area contributed by atoms with E-state index >= 15 is 0 Å². The topological polar surface area (TPSA) is 17.1 Å². The maximum Gasteiger partial charge on any atom is 0.120 e. The Hall–Kier alpha value is -1.89. The summed E-state index contributed by atoms with van der Waals surface area (Å²) >= 11 is 0. The molecule has 0 rings (SSSR count). The molecule has 0 unspecified atom stereocenters. The Bertz CT molecular complexity index is 419. The van der Waals surface area contributed by atoms with Gasteiger partial charge >= 0.3 is 0 Å². The van der Waals surface area contributed by atoms with E-state index in [9.17, 15) is 4.79 Å². The van der Waals surface area contributed by atoms with Crippen LogP contribution in [0, 0.1) is 0 Å². The molecule has 0 aromatic heterocycles. The molecular formula is C22H32O. The van der Waals surface area contributed by atoms with E-state index in [1.54, 1.807) is 0 Å². The molecule has 0 radical (unpaired) electrons. The molecule has 0 atom stereocenters. The lowest BCUT2D eigenvalue weighted by Gasteiger charge is -1.86. The van der Waals surface area contributed by atoms with Gasteiger partial charge in [0.2, 0.25) is 0 Å². The summed E-state index contributed by atoms with van der Waals surface area (Å²) in [4.78, 5) is 10.1. The first-order chi connectivity index (χ1) is 11.4. The molecule has 1 nitrogen and oxygen atoms in total. The largest absolute Gasteiger partial charge is 0.303 e. The second-order valence-electron chi connectivity index (χ2n) is 5.16. The summed E-state index contributed by atoms with van der Waals surface area (Å²) in [6.45, 7) is 2.15. The average molecular weight is 312 g/mol. The van der Waals surface area contributed by atoms with Crippen LogP contribution in [0.4, 0.5) is 0 Å². The molecule has 0 aromatic rings. The number of aldehydes is 1. The van der Waals surface area contributed by atoms with E-state index in [4.69, 9.17) is 0 Å². The number of rotatable bonds is 14. The highest BCUT2D eigenvalue weighted by atomic mass is 16.1. The van der Waals surface area contributed by atoms with Crippen LogP contribution in [-0.2, 0) is 4.79 Å². The zero-order valence-corrected chi connectivity index (χ0v) is 14.6. The van der Waals surface area contributed by atoms with Crippen LogP contribution in [0.3, 0.4) is 0 Å². The fraction of sp³-hybridized carbons (Fsp3) is 0.409. The fourth-order valence-corrected chi connectivity index (χ4v) is 1.80. The van der Waals surface area contributed by atoms with Gasteiger partial charge in [-0.3, -0.25) is 0 Å². The molecule has 0 amide bonds. The predicted octanol–water partition coefficient (Wildman–Crippen LogP) is 6.66. The number of unbranched alkanes of at least 4 members (excludes halogenated alkanes) is 1. The Balaban J connectivity index is 3.49.